The van der Waals surface area contributed by atoms with Crippen molar-refractivity contribution in [2.24, 2.45) is 0 Å². The van der Waals surface area contributed by atoms with Crippen molar-refractivity contribution in [2.75, 3.05) is 36.5 Å². The number of rotatable bonds is 12. The Bertz CT molecular complexity index is 1840. The van der Waals surface area contributed by atoms with Gasteiger partial charge in [0.25, 0.3) is 0 Å². The second-order valence-corrected chi connectivity index (χ2v) is 16.2. The predicted octanol–water partition coefficient (Wildman–Crippen LogP) is 4.53. The van der Waals surface area contributed by atoms with Gasteiger partial charge in [0.1, 0.15) is 17.8 Å². The molecule has 3 heterocycles. The molecule has 1 aliphatic heterocycles. The maximum Gasteiger partial charge on any atom is 0.407 e. The van der Waals surface area contributed by atoms with Crippen LogP contribution in [0.15, 0.2) is 67.0 Å². The molecule has 290 valence electrons. The number of nitrogens with one attached hydrogen (secondary N) is 3. The van der Waals surface area contributed by atoms with E-state index in [4.69, 9.17) is 24.4 Å². The van der Waals surface area contributed by atoms with Gasteiger partial charge in [-0.3, -0.25) is 4.79 Å². The number of alkyl carbamates (subject to hydrolysis) is 1. The quantitative estimate of drug-likeness (QED) is 0.138. The lowest BCUT2D eigenvalue weighted by molar-refractivity contribution is -0.124. The van der Waals surface area contributed by atoms with Crippen LogP contribution in [0.2, 0.25) is 0 Å². The van der Waals surface area contributed by atoms with Crippen molar-refractivity contribution in [3.63, 3.8) is 0 Å². The fourth-order valence-corrected chi connectivity index (χ4v) is 7.10. The zero-order valence-electron chi connectivity index (χ0n) is 32.0. The minimum atomic E-state index is -1.20. The highest BCUT2D eigenvalue weighted by Gasteiger charge is 2.44. The molecule has 1 aliphatic carbocycles. The summed E-state index contributed by atoms with van der Waals surface area (Å²) in [5.74, 6) is 0.693. The normalized spacial score (nSPS) is 21.8. The molecule has 2 amide bonds. The molecule has 0 unspecified atom stereocenters. The molecule has 5 N–H and O–H groups in total. The van der Waals surface area contributed by atoms with Crippen LogP contribution in [-0.4, -0.2) is 103 Å². The summed E-state index contributed by atoms with van der Waals surface area (Å²) in [5, 5.41) is 31.9. The van der Waals surface area contributed by atoms with Gasteiger partial charge in [0, 0.05) is 32.0 Å². The number of imidazole rings is 1. The second kappa shape index (κ2) is 16.3. The van der Waals surface area contributed by atoms with Crippen molar-refractivity contribution in [3.05, 3.63) is 78.1 Å². The third kappa shape index (κ3) is 9.65. The number of aliphatic hydroxyl groups excluding tert-OH is 2. The van der Waals surface area contributed by atoms with E-state index in [1.807, 2.05) is 82.8 Å². The molecule has 2 aromatic heterocycles. The fourth-order valence-electron chi connectivity index (χ4n) is 7.10. The van der Waals surface area contributed by atoms with E-state index in [1.54, 1.807) is 10.9 Å². The summed E-state index contributed by atoms with van der Waals surface area (Å²) >= 11 is 0. The van der Waals surface area contributed by atoms with E-state index in [0.717, 1.165) is 11.1 Å². The number of anilines is 2. The van der Waals surface area contributed by atoms with E-state index in [9.17, 15) is 19.8 Å². The van der Waals surface area contributed by atoms with Gasteiger partial charge >= 0.3 is 6.09 Å². The fraction of sp³-hybridized carbons (Fsp3) is 0.525. The standard InChI is InChI=1S/C40H54N8O6/c1-39(2,3)53-20-18-31(49)44-29-21-30(34(51)33(29)50)48-24-42-32-35(41-22-28(25-13-9-7-10-14-25)26-15-11-8-12-16-26)45-37(46-36(32)48)47-19-17-27(23-47)43-38(52)54-40(4,5)6/h7-16,24,27-30,33-34,50-51H,17-23H2,1-6H3,(H,43,52)(H,44,49)(H,41,45,46)/t27-,29+,30-,33-,34+/m1/s1. The molecular formula is C40H54N8O6. The van der Waals surface area contributed by atoms with E-state index in [2.05, 4.69) is 40.2 Å². The summed E-state index contributed by atoms with van der Waals surface area (Å²) in [6.07, 6.45) is -0.194. The van der Waals surface area contributed by atoms with E-state index >= 15 is 0 Å². The van der Waals surface area contributed by atoms with Gasteiger partial charge in [-0.2, -0.15) is 9.97 Å². The first-order valence-corrected chi connectivity index (χ1v) is 18.8. The molecule has 1 saturated carbocycles. The third-order valence-electron chi connectivity index (χ3n) is 9.70. The molecule has 14 nitrogen and oxygen atoms in total. The molecule has 54 heavy (non-hydrogen) atoms. The van der Waals surface area contributed by atoms with Gasteiger partial charge in [0.2, 0.25) is 11.9 Å². The number of hydrogen-bond donors (Lipinski definition) is 5. The number of ether oxygens (including phenoxy) is 2. The Kier molecular flexibility index (Phi) is 11.7. The molecular weight excluding hydrogens is 688 g/mol. The maximum atomic E-state index is 12.8. The summed E-state index contributed by atoms with van der Waals surface area (Å²) in [4.78, 5) is 42.1. The minimum Gasteiger partial charge on any atom is -0.444 e. The molecule has 2 aromatic carbocycles. The number of amides is 2. The van der Waals surface area contributed by atoms with Crippen molar-refractivity contribution in [2.45, 2.75) is 108 Å². The predicted molar refractivity (Wildman–Crippen MR) is 206 cm³/mol. The molecule has 6 rings (SSSR count). The number of aliphatic hydroxyl groups is 2. The van der Waals surface area contributed by atoms with E-state index in [0.29, 0.717) is 49.0 Å². The SMILES string of the molecule is CC(C)(C)OCCC(=O)N[C@H]1C[C@@H](n2cnc3c(NCC(c4ccccc4)c4ccccc4)nc(N4CC[C@@H](NC(=O)OC(C)(C)C)C4)nc32)[C@H](O)[C@@H]1O. The summed E-state index contributed by atoms with van der Waals surface area (Å²) < 4.78 is 13.0. The lowest BCUT2D eigenvalue weighted by Crippen LogP contribution is -2.43. The smallest absolute Gasteiger partial charge is 0.407 e. The van der Waals surface area contributed by atoms with Gasteiger partial charge in [-0.25, -0.2) is 9.78 Å². The summed E-state index contributed by atoms with van der Waals surface area (Å²) in [5.41, 5.74) is 2.28. The number of hydrogen-bond acceptors (Lipinski definition) is 11. The Morgan fingerprint density at radius 1 is 0.907 bits per heavy atom. The first-order valence-electron chi connectivity index (χ1n) is 18.8. The van der Waals surface area contributed by atoms with Crippen LogP contribution in [0.25, 0.3) is 11.2 Å². The molecule has 0 radical (unpaired) electrons. The van der Waals surface area contributed by atoms with E-state index < -0.39 is 36.0 Å². The molecule has 14 heteroatoms. The average Bonchev–Trinajstić information content (AvgIpc) is 3.82. The van der Waals surface area contributed by atoms with Gasteiger partial charge in [-0.1, -0.05) is 60.7 Å². The highest BCUT2D eigenvalue weighted by Crippen LogP contribution is 2.35. The van der Waals surface area contributed by atoms with Crippen LogP contribution in [0.4, 0.5) is 16.6 Å². The third-order valence-corrected chi connectivity index (χ3v) is 9.70. The van der Waals surface area contributed by atoms with Crippen LogP contribution in [0.5, 0.6) is 0 Å². The Hall–Kier alpha value is -4.79. The minimum absolute atomic E-state index is 0.00196. The molecule has 0 bridgehead atoms. The Morgan fingerprint density at radius 2 is 1.57 bits per heavy atom. The second-order valence-electron chi connectivity index (χ2n) is 16.2. The lowest BCUT2D eigenvalue weighted by atomic mass is 9.91. The summed E-state index contributed by atoms with van der Waals surface area (Å²) in [6.45, 7) is 13.1. The van der Waals surface area contributed by atoms with Crippen LogP contribution < -0.4 is 20.9 Å². The van der Waals surface area contributed by atoms with Gasteiger partial charge < -0.3 is 45.1 Å². The van der Waals surface area contributed by atoms with Gasteiger partial charge in [0.15, 0.2) is 17.0 Å². The number of benzene rings is 2. The zero-order chi connectivity index (χ0) is 38.6. The number of fused-ring (bicyclic) bond motifs is 1. The van der Waals surface area contributed by atoms with Gasteiger partial charge in [-0.15, -0.1) is 0 Å². The zero-order valence-corrected chi connectivity index (χ0v) is 32.0. The van der Waals surface area contributed by atoms with Crippen LogP contribution in [0.3, 0.4) is 0 Å². The van der Waals surface area contributed by atoms with E-state index in [-0.39, 0.29) is 42.9 Å². The van der Waals surface area contributed by atoms with Crippen molar-refractivity contribution < 1.29 is 29.3 Å². The van der Waals surface area contributed by atoms with Crippen molar-refractivity contribution in [3.8, 4) is 0 Å². The monoisotopic (exact) mass is 742 g/mol. The Balaban J connectivity index is 1.28. The number of nitrogens with zero attached hydrogens (tertiary/aromatic N) is 5. The van der Waals surface area contributed by atoms with Gasteiger partial charge in [-0.05, 0) is 65.5 Å². The first kappa shape index (κ1) is 38.9. The largest absolute Gasteiger partial charge is 0.444 e. The summed E-state index contributed by atoms with van der Waals surface area (Å²) in [7, 11) is 0. The van der Waals surface area contributed by atoms with Crippen LogP contribution >= 0.6 is 0 Å². The average molecular weight is 743 g/mol. The molecule has 1 saturated heterocycles. The highest BCUT2D eigenvalue weighted by molar-refractivity contribution is 5.85. The van der Waals surface area contributed by atoms with Crippen molar-refractivity contribution >= 4 is 34.9 Å². The highest BCUT2D eigenvalue weighted by atomic mass is 16.6. The summed E-state index contributed by atoms with van der Waals surface area (Å²) in [6, 6.07) is 19.1. The topological polar surface area (TPSA) is 176 Å². The molecule has 5 atom stereocenters. The van der Waals surface area contributed by atoms with Crippen LogP contribution in [-0.2, 0) is 14.3 Å². The Morgan fingerprint density at radius 3 is 2.20 bits per heavy atom. The molecule has 0 spiro atoms. The molecule has 4 aromatic rings. The number of carbonyl (C=O) groups excluding carboxylic acids is 2. The van der Waals surface area contributed by atoms with Gasteiger partial charge in [0.05, 0.1) is 36.7 Å². The van der Waals surface area contributed by atoms with Crippen molar-refractivity contribution in [1.29, 1.82) is 0 Å². The molecule has 2 aliphatic rings. The first-order chi connectivity index (χ1) is 25.6. The number of carbonyl (C=O) groups is 2. The van der Waals surface area contributed by atoms with Crippen LogP contribution in [0, 0.1) is 0 Å². The lowest BCUT2D eigenvalue weighted by Gasteiger charge is -2.23. The number of aromatic nitrogens is 4. The van der Waals surface area contributed by atoms with E-state index in [1.165, 1.54) is 0 Å². The maximum absolute atomic E-state index is 12.8. The molecule has 2 fully saturated rings. The Labute approximate surface area is 316 Å². The van der Waals surface area contributed by atoms with Crippen LogP contribution in [0.1, 0.15) is 83.9 Å². The van der Waals surface area contributed by atoms with Crippen molar-refractivity contribution in [1.82, 2.24) is 30.2 Å².